The Labute approximate surface area is 109 Å². The molecule has 1 atom stereocenters. The molecule has 1 aliphatic rings. The van der Waals surface area contributed by atoms with E-state index in [0.717, 1.165) is 25.7 Å². The number of hydrogen-bond acceptors (Lipinski definition) is 2. The van der Waals surface area contributed by atoms with Gasteiger partial charge in [0.2, 0.25) is 0 Å². The zero-order chi connectivity index (χ0) is 13.8. The topological polar surface area (TPSA) is 69.6 Å². The van der Waals surface area contributed by atoms with Crippen molar-refractivity contribution in [1.82, 2.24) is 10.2 Å². The van der Waals surface area contributed by atoms with Crippen LogP contribution >= 0.6 is 0 Å². The molecule has 1 fully saturated rings. The molecule has 0 aliphatic heterocycles. The maximum atomic E-state index is 12.0. The van der Waals surface area contributed by atoms with Crippen molar-refractivity contribution in [2.75, 3.05) is 13.1 Å². The molecule has 0 aromatic heterocycles. The summed E-state index contributed by atoms with van der Waals surface area (Å²) in [5, 5.41) is 11.7. The Hall–Kier alpha value is -1.26. The molecular weight excluding hydrogens is 232 g/mol. The summed E-state index contributed by atoms with van der Waals surface area (Å²) in [6, 6.07) is -0.315. The summed E-state index contributed by atoms with van der Waals surface area (Å²) in [4.78, 5) is 24.2. The van der Waals surface area contributed by atoms with Crippen molar-refractivity contribution in [3.05, 3.63) is 0 Å². The van der Waals surface area contributed by atoms with E-state index >= 15 is 0 Å². The quantitative estimate of drug-likeness (QED) is 0.732. The van der Waals surface area contributed by atoms with E-state index in [-0.39, 0.29) is 24.0 Å². The fourth-order valence-corrected chi connectivity index (χ4v) is 1.99. The number of carbonyl (C=O) groups excluding carboxylic acids is 1. The van der Waals surface area contributed by atoms with Crippen molar-refractivity contribution in [3.8, 4) is 0 Å². The summed E-state index contributed by atoms with van der Waals surface area (Å²) in [6.07, 6.45) is 4.13. The highest BCUT2D eigenvalue weighted by molar-refractivity contribution is 5.80. The first-order chi connectivity index (χ1) is 8.44. The van der Waals surface area contributed by atoms with Gasteiger partial charge in [-0.15, -0.1) is 0 Å². The number of carbonyl (C=O) groups is 2. The lowest BCUT2D eigenvalue weighted by atomic mass is 10.0. The van der Waals surface area contributed by atoms with E-state index in [1.54, 1.807) is 0 Å². The van der Waals surface area contributed by atoms with E-state index in [4.69, 9.17) is 5.11 Å². The molecule has 0 aromatic rings. The molecule has 5 heteroatoms. The van der Waals surface area contributed by atoms with Gasteiger partial charge in [-0.2, -0.15) is 0 Å². The van der Waals surface area contributed by atoms with Crippen LogP contribution in [0.15, 0.2) is 0 Å². The second kappa shape index (κ2) is 6.07. The number of amides is 2. The van der Waals surface area contributed by atoms with Crippen molar-refractivity contribution in [1.29, 1.82) is 0 Å². The molecule has 1 unspecified atom stereocenters. The van der Waals surface area contributed by atoms with E-state index < -0.39 is 5.97 Å². The van der Waals surface area contributed by atoms with Crippen molar-refractivity contribution in [2.45, 2.75) is 52.5 Å². The third-order valence-electron chi connectivity index (χ3n) is 4.01. The molecule has 1 rings (SSSR count). The molecule has 1 saturated carbocycles. The predicted octanol–water partition coefficient (Wildman–Crippen LogP) is 2.07. The van der Waals surface area contributed by atoms with Gasteiger partial charge in [0, 0.05) is 12.6 Å². The van der Waals surface area contributed by atoms with Gasteiger partial charge in [0.05, 0.1) is 0 Å². The molecule has 5 nitrogen and oxygen atoms in total. The molecule has 0 saturated heterocycles. The first kappa shape index (κ1) is 14.8. The van der Waals surface area contributed by atoms with Crippen LogP contribution in [-0.4, -0.2) is 41.1 Å². The highest BCUT2D eigenvalue weighted by Gasteiger charge is 2.41. The first-order valence-electron chi connectivity index (χ1n) is 6.70. The lowest BCUT2D eigenvalue weighted by molar-refractivity contribution is -0.138. The molecule has 0 bridgehead atoms. The van der Waals surface area contributed by atoms with Crippen LogP contribution in [0, 0.1) is 5.41 Å². The van der Waals surface area contributed by atoms with E-state index in [9.17, 15) is 9.59 Å². The molecule has 0 aromatic carbocycles. The van der Waals surface area contributed by atoms with Crippen LogP contribution in [0.25, 0.3) is 0 Å². The highest BCUT2D eigenvalue weighted by Crippen LogP contribution is 2.47. The SMILES string of the molecule is CCC(C)N(CC(=O)O)C(=O)NCC1(CC)CC1. The molecular formula is C13H24N2O3. The monoisotopic (exact) mass is 256 g/mol. The Bertz CT molecular complexity index is 313. The van der Waals surface area contributed by atoms with Crippen molar-refractivity contribution in [2.24, 2.45) is 5.41 Å². The van der Waals surface area contributed by atoms with Crippen molar-refractivity contribution >= 4 is 12.0 Å². The highest BCUT2D eigenvalue weighted by atomic mass is 16.4. The smallest absolute Gasteiger partial charge is 0.323 e. The fourth-order valence-electron chi connectivity index (χ4n) is 1.99. The Morgan fingerprint density at radius 3 is 2.39 bits per heavy atom. The largest absolute Gasteiger partial charge is 0.480 e. The number of nitrogens with one attached hydrogen (secondary N) is 1. The Kier molecular flexibility index (Phi) is 4.99. The maximum absolute atomic E-state index is 12.0. The van der Waals surface area contributed by atoms with Gasteiger partial charge in [0.25, 0.3) is 0 Å². The van der Waals surface area contributed by atoms with Crippen LogP contribution in [0.1, 0.15) is 46.5 Å². The van der Waals surface area contributed by atoms with Crippen molar-refractivity contribution in [3.63, 3.8) is 0 Å². The number of hydrogen-bond donors (Lipinski definition) is 2. The lowest BCUT2D eigenvalue weighted by Gasteiger charge is -2.28. The van der Waals surface area contributed by atoms with Crippen LogP contribution in [0.2, 0.25) is 0 Å². The first-order valence-corrected chi connectivity index (χ1v) is 6.70. The Morgan fingerprint density at radius 1 is 1.39 bits per heavy atom. The van der Waals surface area contributed by atoms with Gasteiger partial charge in [-0.3, -0.25) is 4.79 Å². The van der Waals surface area contributed by atoms with Crippen LogP contribution in [0.4, 0.5) is 4.79 Å². The van der Waals surface area contributed by atoms with E-state index in [1.165, 1.54) is 4.90 Å². The molecule has 0 heterocycles. The predicted molar refractivity (Wildman–Crippen MR) is 69.5 cm³/mol. The van der Waals surface area contributed by atoms with Gasteiger partial charge >= 0.3 is 12.0 Å². The van der Waals surface area contributed by atoms with Gasteiger partial charge in [0.1, 0.15) is 6.54 Å². The molecule has 1 aliphatic carbocycles. The molecule has 0 spiro atoms. The molecule has 2 N–H and O–H groups in total. The molecule has 18 heavy (non-hydrogen) atoms. The molecule has 0 radical (unpaired) electrons. The summed E-state index contributed by atoms with van der Waals surface area (Å²) in [7, 11) is 0. The standard InChI is InChI=1S/C13H24N2O3/c1-4-10(3)15(8-11(16)17)12(18)14-9-13(5-2)6-7-13/h10H,4-9H2,1-3H3,(H,14,18)(H,16,17). The normalized spacial score (nSPS) is 17.9. The number of nitrogens with zero attached hydrogens (tertiary/aromatic N) is 1. The van der Waals surface area contributed by atoms with Crippen LogP contribution in [0.3, 0.4) is 0 Å². The number of carboxylic acid groups (broad SMARTS) is 1. The van der Waals surface area contributed by atoms with Gasteiger partial charge in [-0.1, -0.05) is 13.8 Å². The zero-order valence-corrected chi connectivity index (χ0v) is 11.5. The molecule has 2 amide bonds. The zero-order valence-electron chi connectivity index (χ0n) is 11.5. The van der Waals surface area contributed by atoms with E-state index in [1.807, 2.05) is 13.8 Å². The van der Waals surface area contributed by atoms with Crippen molar-refractivity contribution < 1.29 is 14.7 Å². The number of carboxylic acids is 1. The van der Waals surface area contributed by atoms with Crippen LogP contribution in [0.5, 0.6) is 0 Å². The average molecular weight is 256 g/mol. The van der Waals surface area contributed by atoms with Gasteiger partial charge in [0.15, 0.2) is 0 Å². The third kappa shape index (κ3) is 3.89. The van der Waals surface area contributed by atoms with E-state index in [0.29, 0.717) is 6.54 Å². The third-order valence-corrected chi connectivity index (χ3v) is 4.01. The average Bonchev–Trinajstić information content (AvgIpc) is 3.12. The summed E-state index contributed by atoms with van der Waals surface area (Å²) >= 11 is 0. The van der Waals surface area contributed by atoms with E-state index in [2.05, 4.69) is 12.2 Å². The lowest BCUT2D eigenvalue weighted by Crippen LogP contribution is -2.48. The minimum absolute atomic E-state index is 0.0575. The summed E-state index contributed by atoms with van der Waals surface area (Å²) < 4.78 is 0. The van der Waals surface area contributed by atoms with Gasteiger partial charge < -0.3 is 15.3 Å². The second-order valence-corrected chi connectivity index (χ2v) is 5.29. The number of rotatable bonds is 7. The second-order valence-electron chi connectivity index (χ2n) is 5.29. The summed E-state index contributed by atoms with van der Waals surface area (Å²) in [5.41, 5.74) is 0.278. The summed E-state index contributed by atoms with van der Waals surface area (Å²) in [5.74, 6) is -0.970. The van der Waals surface area contributed by atoms with Gasteiger partial charge in [-0.05, 0) is 38.0 Å². The Morgan fingerprint density at radius 2 is 2.00 bits per heavy atom. The maximum Gasteiger partial charge on any atom is 0.323 e. The number of aliphatic carboxylic acids is 1. The molecule has 104 valence electrons. The minimum Gasteiger partial charge on any atom is -0.480 e. The van der Waals surface area contributed by atoms with Crippen LogP contribution in [-0.2, 0) is 4.79 Å². The summed E-state index contributed by atoms with van der Waals surface area (Å²) in [6.45, 7) is 6.37. The minimum atomic E-state index is -0.970. The van der Waals surface area contributed by atoms with Gasteiger partial charge in [-0.25, -0.2) is 4.79 Å². The van der Waals surface area contributed by atoms with Crippen LogP contribution < -0.4 is 5.32 Å². The Balaban J connectivity index is 2.50. The fraction of sp³-hybridized carbons (Fsp3) is 0.846. The number of urea groups is 1.